The smallest absolute Gasteiger partial charge is 0.135 e. The Labute approximate surface area is 122 Å². The van der Waals surface area contributed by atoms with Crippen LogP contribution in [0.5, 0.6) is 0 Å². The number of benzene rings is 1. The zero-order chi connectivity index (χ0) is 13.9. The zero-order valence-corrected chi connectivity index (χ0v) is 12.2. The van der Waals surface area contributed by atoms with Crippen LogP contribution in [0.3, 0.4) is 0 Å². The molecule has 3 N–H and O–H groups in total. The van der Waals surface area contributed by atoms with Crippen LogP contribution >= 0.6 is 11.3 Å². The minimum absolute atomic E-state index is 0.208. The van der Waals surface area contributed by atoms with Crippen molar-refractivity contribution in [3.05, 3.63) is 59.1 Å². The summed E-state index contributed by atoms with van der Waals surface area (Å²) in [5.41, 5.74) is 8.01. The lowest BCUT2D eigenvalue weighted by molar-refractivity contribution is 0.875. The molecule has 1 unspecified atom stereocenters. The van der Waals surface area contributed by atoms with Gasteiger partial charge in [0.15, 0.2) is 0 Å². The minimum atomic E-state index is 0.208. The molecule has 0 saturated carbocycles. The fourth-order valence-electron chi connectivity index (χ4n) is 2.24. The van der Waals surface area contributed by atoms with E-state index in [0.29, 0.717) is 6.54 Å². The number of hydrogen-bond acceptors (Lipinski definition) is 4. The van der Waals surface area contributed by atoms with Crippen molar-refractivity contribution >= 4 is 27.2 Å². The average molecular weight is 283 g/mol. The van der Waals surface area contributed by atoms with E-state index in [1.165, 1.54) is 15.6 Å². The molecule has 2 aromatic heterocycles. The molecule has 0 aliphatic rings. The average Bonchev–Trinajstić information content (AvgIpc) is 2.97. The molecule has 0 fully saturated rings. The van der Waals surface area contributed by atoms with Crippen molar-refractivity contribution in [2.45, 2.75) is 19.5 Å². The molecule has 0 aliphatic heterocycles. The van der Waals surface area contributed by atoms with Gasteiger partial charge in [-0.15, -0.1) is 11.3 Å². The number of nitrogens with two attached hydrogens (primary N) is 1. The number of anilines is 1. The van der Waals surface area contributed by atoms with Gasteiger partial charge in [-0.3, -0.25) is 0 Å². The standard InChI is InChI=1S/C16H17N3S/c1-11(13-4-2-12(10-17)3-5-13)19-16-14-7-9-20-15(14)6-8-18-16/h2-9,11H,10,17H2,1H3,(H,18,19). The first-order chi connectivity index (χ1) is 9.78. The van der Waals surface area contributed by atoms with Crippen LogP contribution in [0.4, 0.5) is 5.82 Å². The first-order valence-corrected chi connectivity index (χ1v) is 7.53. The molecule has 0 radical (unpaired) electrons. The van der Waals surface area contributed by atoms with Crippen molar-refractivity contribution in [3.63, 3.8) is 0 Å². The molecule has 3 nitrogen and oxygen atoms in total. The van der Waals surface area contributed by atoms with Gasteiger partial charge >= 0.3 is 0 Å². The van der Waals surface area contributed by atoms with Gasteiger partial charge in [0.25, 0.3) is 0 Å². The number of nitrogens with one attached hydrogen (secondary N) is 1. The molecular formula is C16H17N3S. The second-order valence-corrected chi connectivity index (χ2v) is 5.75. The van der Waals surface area contributed by atoms with Crippen LogP contribution in [-0.4, -0.2) is 4.98 Å². The number of thiophene rings is 1. The number of nitrogens with zero attached hydrogens (tertiary/aromatic N) is 1. The predicted octanol–water partition coefficient (Wildman–Crippen LogP) is 3.93. The van der Waals surface area contributed by atoms with Crippen molar-refractivity contribution in [3.8, 4) is 0 Å². The number of pyridine rings is 1. The van der Waals surface area contributed by atoms with Crippen molar-refractivity contribution < 1.29 is 0 Å². The summed E-state index contributed by atoms with van der Waals surface area (Å²) in [5, 5.41) is 6.77. The van der Waals surface area contributed by atoms with Gasteiger partial charge in [0, 0.05) is 28.9 Å². The van der Waals surface area contributed by atoms with Crippen molar-refractivity contribution in [1.82, 2.24) is 4.98 Å². The van der Waals surface area contributed by atoms with Gasteiger partial charge in [-0.05, 0) is 35.6 Å². The first kappa shape index (κ1) is 13.1. The highest BCUT2D eigenvalue weighted by atomic mass is 32.1. The molecule has 1 atom stereocenters. The van der Waals surface area contributed by atoms with Crippen LogP contribution in [0.1, 0.15) is 24.1 Å². The highest BCUT2D eigenvalue weighted by Crippen LogP contribution is 2.28. The highest BCUT2D eigenvalue weighted by Gasteiger charge is 2.09. The highest BCUT2D eigenvalue weighted by molar-refractivity contribution is 7.17. The molecule has 2 heterocycles. The van der Waals surface area contributed by atoms with E-state index < -0.39 is 0 Å². The summed E-state index contributed by atoms with van der Waals surface area (Å²) in [6.07, 6.45) is 1.85. The van der Waals surface area contributed by atoms with Gasteiger partial charge in [-0.25, -0.2) is 4.98 Å². The molecule has 0 bridgehead atoms. The largest absolute Gasteiger partial charge is 0.363 e. The number of fused-ring (bicyclic) bond motifs is 1. The molecule has 1 aromatic carbocycles. The minimum Gasteiger partial charge on any atom is -0.363 e. The Bertz CT molecular complexity index is 703. The Morgan fingerprint density at radius 2 is 2.00 bits per heavy atom. The fraction of sp³-hybridized carbons (Fsp3) is 0.188. The van der Waals surface area contributed by atoms with E-state index in [1.807, 2.05) is 12.3 Å². The van der Waals surface area contributed by atoms with E-state index in [4.69, 9.17) is 5.73 Å². The Morgan fingerprint density at radius 1 is 1.20 bits per heavy atom. The van der Waals surface area contributed by atoms with Crippen LogP contribution in [0.15, 0.2) is 48.0 Å². The molecular weight excluding hydrogens is 266 g/mol. The summed E-state index contributed by atoms with van der Waals surface area (Å²) in [5.74, 6) is 0.944. The Balaban J connectivity index is 1.84. The Hall–Kier alpha value is -1.91. The third-order valence-corrected chi connectivity index (χ3v) is 4.33. The summed E-state index contributed by atoms with van der Waals surface area (Å²) in [4.78, 5) is 4.45. The van der Waals surface area contributed by atoms with Crippen molar-refractivity contribution in [2.24, 2.45) is 5.73 Å². The van der Waals surface area contributed by atoms with Gasteiger partial charge < -0.3 is 11.1 Å². The second-order valence-electron chi connectivity index (χ2n) is 4.80. The summed E-state index contributed by atoms with van der Waals surface area (Å²) in [6, 6.07) is 12.8. The van der Waals surface area contributed by atoms with E-state index in [2.05, 4.69) is 52.9 Å². The van der Waals surface area contributed by atoms with E-state index in [9.17, 15) is 0 Å². The third-order valence-electron chi connectivity index (χ3n) is 3.45. The summed E-state index contributed by atoms with van der Waals surface area (Å²) in [7, 11) is 0. The number of rotatable bonds is 4. The van der Waals surface area contributed by atoms with Crippen LogP contribution in [0, 0.1) is 0 Å². The normalized spacial score (nSPS) is 12.5. The van der Waals surface area contributed by atoms with Gasteiger partial charge in [0.2, 0.25) is 0 Å². The van der Waals surface area contributed by atoms with E-state index in [-0.39, 0.29) is 6.04 Å². The molecule has 0 spiro atoms. The fourth-order valence-corrected chi connectivity index (χ4v) is 3.02. The van der Waals surface area contributed by atoms with Crippen molar-refractivity contribution in [2.75, 3.05) is 5.32 Å². The maximum absolute atomic E-state index is 5.63. The maximum atomic E-state index is 5.63. The lowest BCUT2D eigenvalue weighted by Gasteiger charge is -2.16. The van der Waals surface area contributed by atoms with Gasteiger partial charge in [0.1, 0.15) is 5.82 Å². The molecule has 0 saturated heterocycles. The third kappa shape index (κ3) is 2.53. The lowest BCUT2D eigenvalue weighted by atomic mass is 10.1. The molecule has 20 heavy (non-hydrogen) atoms. The molecule has 4 heteroatoms. The summed E-state index contributed by atoms with van der Waals surface area (Å²) >= 11 is 1.74. The monoisotopic (exact) mass is 283 g/mol. The number of aromatic nitrogens is 1. The van der Waals surface area contributed by atoms with E-state index in [0.717, 1.165) is 11.4 Å². The Morgan fingerprint density at radius 3 is 2.75 bits per heavy atom. The quantitative estimate of drug-likeness (QED) is 0.763. The van der Waals surface area contributed by atoms with Gasteiger partial charge in [-0.1, -0.05) is 24.3 Å². The van der Waals surface area contributed by atoms with Crippen LogP contribution in [0.2, 0.25) is 0 Å². The van der Waals surface area contributed by atoms with E-state index >= 15 is 0 Å². The maximum Gasteiger partial charge on any atom is 0.135 e. The van der Waals surface area contributed by atoms with Crippen molar-refractivity contribution in [1.29, 1.82) is 0 Å². The zero-order valence-electron chi connectivity index (χ0n) is 11.3. The predicted molar refractivity (Wildman–Crippen MR) is 86.0 cm³/mol. The van der Waals surface area contributed by atoms with Gasteiger partial charge in [0.05, 0.1) is 0 Å². The van der Waals surface area contributed by atoms with Crippen LogP contribution in [0.25, 0.3) is 10.1 Å². The van der Waals surface area contributed by atoms with E-state index in [1.54, 1.807) is 11.3 Å². The topological polar surface area (TPSA) is 50.9 Å². The summed E-state index contributed by atoms with van der Waals surface area (Å²) in [6.45, 7) is 2.72. The molecule has 3 rings (SSSR count). The lowest BCUT2D eigenvalue weighted by Crippen LogP contribution is -2.08. The Kier molecular flexibility index (Phi) is 3.67. The molecule has 0 aliphatic carbocycles. The summed E-state index contributed by atoms with van der Waals surface area (Å²) < 4.78 is 1.26. The molecule has 102 valence electrons. The SMILES string of the molecule is CC(Nc1nccc2sccc12)c1ccc(CN)cc1. The first-order valence-electron chi connectivity index (χ1n) is 6.65. The number of hydrogen-bond donors (Lipinski definition) is 2. The second kappa shape index (κ2) is 5.61. The molecule has 3 aromatic rings. The van der Waals surface area contributed by atoms with Crippen LogP contribution in [-0.2, 0) is 6.54 Å². The molecule has 0 amide bonds. The van der Waals surface area contributed by atoms with Crippen LogP contribution < -0.4 is 11.1 Å². The van der Waals surface area contributed by atoms with Gasteiger partial charge in [-0.2, -0.15) is 0 Å².